The number of fused-ring (bicyclic) bond motifs is 1. The first kappa shape index (κ1) is 18.6. The Morgan fingerprint density at radius 3 is 2.32 bits per heavy atom. The third-order valence-corrected chi connectivity index (χ3v) is 5.66. The smallest absolute Gasteiger partial charge is 0.373 e. The van der Waals surface area contributed by atoms with Gasteiger partial charge in [0.05, 0.1) is 0 Å². The zero-order valence-electron chi connectivity index (χ0n) is 14.9. The van der Waals surface area contributed by atoms with Gasteiger partial charge in [-0.2, -0.15) is 0 Å². The Labute approximate surface area is 161 Å². The highest BCUT2D eigenvalue weighted by Gasteiger charge is 2.34. The zero-order valence-corrected chi connectivity index (χ0v) is 16.4. The zero-order chi connectivity index (χ0) is 17.8. The second kappa shape index (κ2) is 8.48. The summed E-state index contributed by atoms with van der Waals surface area (Å²) in [5, 5.41) is 1.48. The molecule has 5 heteroatoms. The van der Waals surface area contributed by atoms with Crippen LogP contribution >= 0.6 is 23.2 Å². The number of aryl methyl sites for hydroxylation is 2. The summed E-state index contributed by atoms with van der Waals surface area (Å²) in [7, 11) is 0.486. The molecule has 0 aliphatic carbocycles. The first-order valence-corrected chi connectivity index (χ1v) is 9.66. The molecule has 0 bridgehead atoms. The van der Waals surface area contributed by atoms with Gasteiger partial charge in [-0.25, -0.2) is 0 Å². The summed E-state index contributed by atoms with van der Waals surface area (Å²) in [6, 6.07) is 12.6. The van der Waals surface area contributed by atoms with Crippen LogP contribution in [0.2, 0.25) is 10.0 Å². The molecule has 2 aromatic carbocycles. The molecule has 0 radical (unpaired) electrons. The van der Waals surface area contributed by atoms with E-state index in [2.05, 4.69) is 4.90 Å². The minimum Gasteiger partial charge on any atom is -0.559 e. The number of hydrogen-bond donors (Lipinski definition) is 0. The summed E-state index contributed by atoms with van der Waals surface area (Å²) in [6.45, 7) is 6.75. The van der Waals surface area contributed by atoms with Crippen LogP contribution in [0.4, 0.5) is 0 Å². The van der Waals surface area contributed by atoms with Crippen LogP contribution < -0.4 is 10.1 Å². The average Bonchev–Trinajstić information content (AvgIpc) is 3.39. The second-order valence-corrected chi connectivity index (χ2v) is 7.74. The second-order valence-electron chi connectivity index (χ2n) is 6.93. The van der Waals surface area contributed by atoms with Crippen molar-refractivity contribution in [2.75, 3.05) is 13.1 Å². The van der Waals surface area contributed by atoms with Crippen LogP contribution in [0.1, 0.15) is 30.4 Å². The minimum absolute atomic E-state index is 0.486. The molecule has 2 saturated heterocycles. The van der Waals surface area contributed by atoms with E-state index in [1.807, 2.05) is 50.2 Å². The van der Waals surface area contributed by atoms with E-state index in [-0.39, 0.29) is 0 Å². The van der Waals surface area contributed by atoms with Gasteiger partial charge in [-0.1, -0.05) is 47.8 Å². The fraction of sp³-hybridized carbons (Fsp3) is 0.400. The SMILES string of the molecule is C1CCN2CC2C1.Cc1ccc(BOc2ccc(C)c(Cl)c2)cc1Cl. The van der Waals surface area contributed by atoms with E-state index in [9.17, 15) is 0 Å². The highest BCUT2D eigenvalue weighted by molar-refractivity contribution is 6.48. The first-order valence-electron chi connectivity index (χ1n) is 8.91. The van der Waals surface area contributed by atoms with Gasteiger partial charge in [0, 0.05) is 22.6 Å². The molecule has 2 aliphatic rings. The number of benzene rings is 2. The molecule has 0 N–H and O–H groups in total. The number of nitrogens with zero attached hydrogens (tertiary/aromatic N) is 1. The molecule has 0 aromatic heterocycles. The van der Waals surface area contributed by atoms with Crippen molar-refractivity contribution < 1.29 is 4.65 Å². The standard InChI is InChI=1S/C14H13BCl2O.C6H11N/c1-9-3-5-11(7-13(9)16)15-18-12-6-4-10(2)14(17)8-12;1-2-4-7-5-6(7)3-1/h3-8,15H,1-2H3;6H,1-5H2. The van der Waals surface area contributed by atoms with Crippen molar-refractivity contribution in [2.45, 2.75) is 39.2 Å². The summed E-state index contributed by atoms with van der Waals surface area (Å²) < 4.78 is 5.68. The van der Waals surface area contributed by atoms with Crippen LogP contribution in [-0.2, 0) is 0 Å². The normalized spacial score (nSPS) is 20.8. The maximum absolute atomic E-state index is 6.06. The Morgan fingerprint density at radius 1 is 1.00 bits per heavy atom. The summed E-state index contributed by atoms with van der Waals surface area (Å²) in [4.78, 5) is 2.56. The molecule has 2 aromatic rings. The van der Waals surface area contributed by atoms with Crippen LogP contribution in [0.25, 0.3) is 0 Å². The van der Waals surface area contributed by atoms with Gasteiger partial charge >= 0.3 is 7.48 Å². The fourth-order valence-corrected chi connectivity index (χ4v) is 3.40. The number of halogens is 2. The molecule has 2 atom stereocenters. The van der Waals surface area contributed by atoms with Gasteiger partial charge in [-0.3, -0.25) is 4.90 Å². The summed E-state index contributed by atoms with van der Waals surface area (Å²) >= 11 is 12.1. The van der Waals surface area contributed by atoms with Crippen molar-refractivity contribution in [3.8, 4) is 5.75 Å². The van der Waals surface area contributed by atoms with Crippen molar-refractivity contribution in [3.63, 3.8) is 0 Å². The monoisotopic (exact) mass is 375 g/mol. The third-order valence-electron chi connectivity index (χ3n) is 4.85. The Kier molecular flexibility index (Phi) is 6.32. The highest BCUT2D eigenvalue weighted by Crippen LogP contribution is 2.27. The van der Waals surface area contributed by atoms with Crippen LogP contribution in [0, 0.1) is 13.8 Å². The quantitative estimate of drug-likeness (QED) is 0.577. The Bertz CT molecular complexity index is 676. The minimum atomic E-state index is 0.486. The van der Waals surface area contributed by atoms with Gasteiger partial charge in [0.15, 0.2) is 0 Å². The molecule has 2 fully saturated rings. The van der Waals surface area contributed by atoms with Gasteiger partial charge in [0.1, 0.15) is 5.75 Å². The summed E-state index contributed by atoms with van der Waals surface area (Å²) in [5.74, 6) is 0.766. The molecule has 2 aliphatic heterocycles. The molecular formula is C20H24BCl2NO. The van der Waals surface area contributed by atoms with Gasteiger partial charge in [0.2, 0.25) is 0 Å². The van der Waals surface area contributed by atoms with Crippen molar-refractivity contribution in [3.05, 3.63) is 57.6 Å². The Balaban J connectivity index is 0.000000213. The molecule has 0 saturated carbocycles. The average molecular weight is 376 g/mol. The molecule has 0 amide bonds. The lowest BCUT2D eigenvalue weighted by molar-refractivity contribution is 0.410. The van der Waals surface area contributed by atoms with E-state index in [0.717, 1.165) is 38.4 Å². The Morgan fingerprint density at radius 2 is 1.72 bits per heavy atom. The number of piperidine rings is 1. The van der Waals surface area contributed by atoms with Crippen LogP contribution in [0.15, 0.2) is 36.4 Å². The molecule has 2 nitrogen and oxygen atoms in total. The summed E-state index contributed by atoms with van der Waals surface area (Å²) in [5.41, 5.74) is 3.16. The maximum atomic E-state index is 6.06. The molecule has 2 unspecified atom stereocenters. The number of rotatable bonds is 3. The lowest BCUT2D eigenvalue weighted by atomic mass is 9.87. The van der Waals surface area contributed by atoms with Crippen molar-refractivity contribution >= 4 is 36.1 Å². The van der Waals surface area contributed by atoms with E-state index in [1.54, 1.807) is 0 Å². The highest BCUT2D eigenvalue weighted by atomic mass is 35.5. The van der Waals surface area contributed by atoms with Gasteiger partial charge in [-0.05, 0) is 68.0 Å². The lowest BCUT2D eigenvalue weighted by Gasteiger charge is -2.08. The van der Waals surface area contributed by atoms with Gasteiger partial charge in [-0.15, -0.1) is 0 Å². The Hall–Kier alpha value is -1.16. The molecule has 2 heterocycles. The fourth-order valence-electron chi connectivity index (χ4n) is 3.02. The summed E-state index contributed by atoms with van der Waals surface area (Å²) in [6.07, 6.45) is 4.43. The topological polar surface area (TPSA) is 12.2 Å². The van der Waals surface area contributed by atoms with Crippen molar-refractivity contribution in [2.24, 2.45) is 0 Å². The predicted molar refractivity (Wildman–Crippen MR) is 109 cm³/mol. The van der Waals surface area contributed by atoms with E-state index in [0.29, 0.717) is 7.48 Å². The predicted octanol–water partition coefficient (Wildman–Crippen LogP) is 4.52. The largest absolute Gasteiger partial charge is 0.559 e. The van der Waals surface area contributed by atoms with Crippen molar-refractivity contribution in [1.82, 2.24) is 4.90 Å². The maximum Gasteiger partial charge on any atom is 0.373 e. The first-order chi connectivity index (χ1) is 12.0. The van der Waals surface area contributed by atoms with Crippen molar-refractivity contribution in [1.29, 1.82) is 0 Å². The van der Waals surface area contributed by atoms with Crippen LogP contribution in [0.3, 0.4) is 0 Å². The van der Waals surface area contributed by atoms with Crippen LogP contribution in [-0.4, -0.2) is 31.5 Å². The molecule has 132 valence electrons. The van der Waals surface area contributed by atoms with E-state index in [1.165, 1.54) is 32.4 Å². The van der Waals surface area contributed by atoms with Crippen LogP contribution in [0.5, 0.6) is 5.75 Å². The van der Waals surface area contributed by atoms with Gasteiger partial charge in [0.25, 0.3) is 0 Å². The molecule has 0 spiro atoms. The van der Waals surface area contributed by atoms with E-state index >= 15 is 0 Å². The van der Waals surface area contributed by atoms with E-state index < -0.39 is 0 Å². The third kappa shape index (κ3) is 5.41. The molecular weight excluding hydrogens is 352 g/mol. The molecule has 4 rings (SSSR count). The van der Waals surface area contributed by atoms with Gasteiger partial charge < -0.3 is 4.65 Å². The molecule has 25 heavy (non-hydrogen) atoms. The number of hydrogen-bond acceptors (Lipinski definition) is 2. The van der Waals surface area contributed by atoms with E-state index in [4.69, 9.17) is 27.9 Å². The lowest BCUT2D eigenvalue weighted by Crippen LogP contribution is -2.20.